The predicted molar refractivity (Wildman–Crippen MR) is 92.4 cm³/mol. The number of benzene rings is 1. The molecule has 0 radical (unpaired) electrons. The molecule has 1 atom stereocenters. The average Bonchev–Trinajstić information content (AvgIpc) is 3.03. The minimum atomic E-state index is -0.416. The Hall–Kier alpha value is -2.08. The smallest absolute Gasteiger partial charge is 0.315 e. The Morgan fingerprint density at radius 2 is 1.96 bits per heavy atom. The Morgan fingerprint density at radius 1 is 1.25 bits per heavy atom. The van der Waals surface area contributed by atoms with Crippen molar-refractivity contribution in [3.63, 3.8) is 0 Å². The standard InChI is InChI=1S/C18H26N4O2/c1-21(17(23)16-11-19-18(24)20-16)12-15-7-9-22(10-8-15)13-14-5-3-2-4-6-14/h2-6,15-16H,7-13H2,1H3,(H2,19,20,24)/t16-/m0/s1. The van der Waals surface area contributed by atoms with Crippen LogP contribution in [0.4, 0.5) is 4.79 Å². The van der Waals surface area contributed by atoms with Gasteiger partial charge in [0.15, 0.2) is 0 Å². The molecule has 2 fully saturated rings. The van der Waals surface area contributed by atoms with E-state index in [2.05, 4.69) is 39.8 Å². The molecule has 2 aliphatic rings. The second kappa shape index (κ2) is 7.66. The van der Waals surface area contributed by atoms with Crippen molar-refractivity contribution in [2.45, 2.75) is 25.4 Å². The van der Waals surface area contributed by atoms with E-state index in [1.54, 1.807) is 4.90 Å². The Morgan fingerprint density at radius 3 is 2.58 bits per heavy atom. The maximum Gasteiger partial charge on any atom is 0.315 e. The highest BCUT2D eigenvalue weighted by Crippen LogP contribution is 2.20. The molecule has 6 heteroatoms. The molecule has 130 valence electrons. The van der Waals surface area contributed by atoms with Crippen LogP contribution in [0.15, 0.2) is 30.3 Å². The fraction of sp³-hybridized carbons (Fsp3) is 0.556. The number of piperidine rings is 1. The molecule has 24 heavy (non-hydrogen) atoms. The number of nitrogens with zero attached hydrogens (tertiary/aromatic N) is 2. The minimum absolute atomic E-state index is 0.0000603. The number of likely N-dealkylation sites (N-methyl/N-ethyl adjacent to an activating group) is 1. The zero-order valence-corrected chi connectivity index (χ0v) is 14.2. The summed E-state index contributed by atoms with van der Waals surface area (Å²) >= 11 is 0. The molecular formula is C18H26N4O2. The monoisotopic (exact) mass is 330 g/mol. The summed E-state index contributed by atoms with van der Waals surface area (Å²) in [7, 11) is 1.84. The lowest BCUT2D eigenvalue weighted by Gasteiger charge is -2.34. The summed E-state index contributed by atoms with van der Waals surface area (Å²) in [5, 5.41) is 5.29. The second-order valence-electron chi connectivity index (χ2n) is 6.83. The summed E-state index contributed by atoms with van der Waals surface area (Å²) in [4.78, 5) is 27.7. The topological polar surface area (TPSA) is 64.7 Å². The molecule has 3 rings (SSSR count). The van der Waals surface area contributed by atoms with Crippen LogP contribution in [0.5, 0.6) is 0 Å². The molecule has 1 aromatic rings. The van der Waals surface area contributed by atoms with E-state index < -0.39 is 6.04 Å². The van der Waals surface area contributed by atoms with Gasteiger partial charge >= 0.3 is 6.03 Å². The molecule has 3 amide bonds. The van der Waals surface area contributed by atoms with E-state index >= 15 is 0 Å². The van der Waals surface area contributed by atoms with E-state index in [-0.39, 0.29) is 11.9 Å². The van der Waals surface area contributed by atoms with Crippen LogP contribution in [0.1, 0.15) is 18.4 Å². The minimum Gasteiger partial charge on any atom is -0.344 e. The molecule has 1 aromatic carbocycles. The molecule has 0 aliphatic carbocycles. The van der Waals surface area contributed by atoms with E-state index in [0.29, 0.717) is 12.5 Å². The average molecular weight is 330 g/mol. The van der Waals surface area contributed by atoms with Gasteiger partial charge < -0.3 is 15.5 Å². The van der Waals surface area contributed by atoms with Crippen LogP contribution >= 0.6 is 0 Å². The van der Waals surface area contributed by atoms with Crippen molar-refractivity contribution in [1.82, 2.24) is 20.4 Å². The van der Waals surface area contributed by atoms with E-state index in [9.17, 15) is 9.59 Å². The van der Waals surface area contributed by atoms with E-state index in [1.165, 1.54) is 5.56 Å². The van der Waals surface area contributed by atoms with Crippen LogP contribution in [0.2, 0.25) is 0 Å². The number of rotatable bonds is 5. The van der Waals surface area contributed by atoms with Crippen molar-refractivity contribution < 1.29 is 9.59 Å². The van der Waals surface area contributed by atoms with Gasteiger partial charge in [-0.3, -0.25) is 9.69 Å². The molecule has 2 saturated heterocycles. The third kappa shape index (κ3) is 4.26. The maximum atomic E-state index is 12.3. The SMILES string of the molecule is CN(CC1CCN(Cc2ccccc2)CC1)C(=O)[C@@H]1CNC(=O)N1. The highest BCUT2D eigenvalue weighted by molar-refractivity contribution is 5.90. The molecule has 6 nitrogen and oxygen atoms in total. The van der Waals surface area contributed by atoms with E-state index in [4.69, 9.17) is 0 Å². The molecule has 0 spiro atoms. The van der Waals surface area contributed by atoms with Crippen LogP contribution in [0.25, 0.3) is 0 Å². The van der Waals surface area contributed by atoms with Crippen molar-refractivity contribution >= 4 is 11.9 Å². The summed E-state index contributed by atoms with van der Waals surface area (Å²) in [6.45, 7) is 4.30. The van der Waals surface area contributed by atoms with Crippen LogP contribution < -0.4 is 10.6 Å². The second-order valence-corrected chi connectivity index (χ2v) is 6.83. The molecule has 2 aliphatic heterocycles. The van der Waals surface area contributed by atoms with Crippen molar-refractivity contribution in [2.24, 2.45) is 5.92 Å². The van der Waals surface area contributed by atoms with E-state index in [0.717, 1.165) is 39.0 Å². The lowest BCUT2D eigenvalue weighted by atomic mass is 9.95. The Bertz CT molecular complexity index is 570. The van der Waals surface area contributed by atoms with Gasteiger partial charge in [0, 0.05) is 26.7 Å². The Labute approximate surface area is 143 Å². The first-order valence-corrected chi connectivity index (χ1v) is 8.67. The number of likely N-dealkylation sites (tertiary alicyclic amines) is 1. The van der Waals surface area contributed by atoms with Gasteiger partial charge in [-0.25, -0.2) is 4.79 Å². The molecule has 0 saturated carbocycles. The molecule has 2 heterocycles. The fourth-order valence-corrected chi connectivity index (χ4v) is 3.52. The zero-order chi connectivity index (χ0) is 16.9. The summed E-state index contributed by atoms with van der Waals surface area (Å²) in [5.74, 6) is 0.538. The van der Waals surface area contributed by atoms with Crippen molar-refractivity contribution in [1.29, 1.82) is 0 Å². The van der Waals surface area contributed by atoms with E-state index in [1.807, 2.05) is 13.1 Å². The number of hydrogen-bond acceptors (Lipinski definition) is 3. The lowest BCUT2D eigenvalue weighted by molar-refractivity contribution is -0.132. The van der Waals surface area contributed by atoms with Crippen LogP contribution in [0, 0.1) is 5.92 Å². The predicted octanol–water partition coefficient (Wildman–Crippen LogP) is 1.04. The quantitative estimate of drug-likeness (QED) is 0.848. The first-order chi connectivity index (χ1) is 11.6. The van der Waals surface area contributed by atoms with Crippen LogP contribution in [-0.2, 0) is 11.3 Å². The number of nitrogens with one attached hydrogen (secondary N) is 2. The summed E-state index contributed by atoms with van der Waals surface area (Å²) in [6.07, 6.45) is 2.22. The normalized spacial score (nSPS) is 22.0. The number of carbonyl (C=O) groups excluding carboxylic acids is 2. The van der Waals surface area contributed by atoms with Gasteiger partial charge in [-0.2, -0.15) is 0 Å². The van der Waals surface area contributed by atoms with Crippen molar-refractivity contribution in [3.05, 3.63) is 35.9 Å². The molecule has 2 N–H and O–H groups in total. The largest absolute Gasteiger partial charge is 0.344 e. The van der Waals surface area contributed by atoms with Gasteiger partial charge in [0.2, 0.25) is 5.91 Å². The van der Waals surface area contributed by atoms with Gasteiger partial charge in [0.05, 0.1) is 0 Å². The van der Waals surface area contributed by atoms with Gasteiger partial charge in [0.1, 0.15) is 6.04 Å². The molecular weight excluding hydrogens is 304 g/mol. The molecule has 0 bridgehead atoms. The fourth-order valence-electron chi connectivity index (χ4n) is 3.52. The highest BCUT2D eigenvalue weighted by Gasteiger charge is 2.30. The van der Waals surface area contributed by atoms with Crippen molar-refractivity contribution in [3.8, 4) is 0 Å². The van der Waals surface area contributed by atoms with Gasteiger partial charge in [-0.1, -0.05) is 30.3 Å². The third-order valence-electron chi connectivity index (χ3n) is 4.93. The highest BCUT2D eigenvalue weighted by atomic mass is 16.2. The first-order valence-electron chi connectivity index (χ1n) is 8.67. The number of urea groups is 1. The van der Waals surface area contributed by atoms with Crippen LogP contribution in [-0.4, -0.2) is 61.0 Å². The molecule has 0 unspecified atom stereocenters. The van der Waals surface area contributed by atoms with Gasteiger partial charge in [0.25, 0.3) is 0 Å². The summed E-state index contributed by atoms with van der Waals surface area (Å²) < 4.78 is 0. The third-order valence-corrected chi connectivity index (χ3v) is 4.93. The number of hydrogen-bond donors (Lipinski definition) is 2. The molecule has 0 aromatic heterocycles. The summed E-state index contributed by atoms with van der Waals surface area (Å²) in [6, 6.07) is 9.88. The Balaban J connectivity index is 1.41. The number of amides is 3. The summed E-state index contributed by atoms with van der Waals surface area (Å²) in [5.41, 5.74) is 1.35. The van der Waals surface area contributed by atoms with Crippen molar-refractivity contribution in [2.75, 3.05) is 33.2 Å². The van der Waals surface area contributed by atoms with Crippen LogP contribution in [0.3, 0.4) is 0 Å². The zero-order valence-electron chi connectivity index (χ0n) is 14.2. The first kappa shape index (κ1) is 16.8. The number of carbonyl (C=O) groups is 2. The maximum absolute atomic E-state index is 12.3. The lowest BCUT2D eigenvalue weighted by Crippen LogP contribution is -2.46. The van der Waals surface area contributed by atoms with Gasteiger partial charge in [-0.05, 0) is 37.4 Å². The Kier molecular flexibility index (Phi) is 5.35. The van der Waals surface area contributed by atoms with Gasteiger partial charge in [-0.15, -0.1) is 0 Å².